The Bertz CT molecular complexity index is 635. The highest BCUT2D eigenvalue weighted by atomic mass is 32.2. The first-order valence-corrected chi connectivity index (χ1v) is 8.04. The van der Waals surface area contributed by atoms with Crippen LogP contribution >= 0.6 is 0 Å². The fourth-order valence-electron chi connectivity index (χ4n) is 1.98. The third-order valence-electron chi connectivity index (χ3n) is 2.89. The van der Waals surface area contributed by atoms with Gasteiger partial charge in [-0.1, -0.05) is 30.3 Å². The van der Waals surface area contributed by atoms with Gasteiger partial charge in [-0.2, -0.15) is 5.10 Å². The second-order valence-corrected chi connectivity index (χ2v) is 6.86. The molecule has 0 fully saturated rings. The standard InChI is InChI=1S/C13H17N3O2S/c1-19(17,18)8-7-13(11-5-3-2-4-6-11)16-10-12(14)9-15-16/h2-6,9-10,13H,7-8,14H2,1H3. The van der Waals surface area contributed by atoms with Crippen LogP contribution in [-0.2, 0) is 9.84 Å². The van der Waals surface area contributed by atoms with Gasteiger partial charge in [0.2, 0.25) is 0 Å². The van der Waals surface area contributed by atoms with Gasteiger partial charge < -0.3 is 5.73 Å². The molecule has 1 atom stereocenters. The number of nitrogens with zero attached hydrogens (tertiary/aromatic N) is 2. The van der Waals surface area contributed by atoms with Gasteiger partial charge in [0.15, 0.2) is 0 Å². The van der Waals surface area contributed by atoms with E-state index in [9.17, 15) is 8.42 Å². The number of nitrogens with two attached hydrogens (primary N) is 1. The van der Waals surface area contributed by atoms with Crippen LogP contribution in [0.4, 0.5) is 5.69 Å². The van der Waals surface area contributed by atoms with Crippen molar-refractivity contribution in [3.8, 4) is 0 Å². The molecule has 1 aromatic heterocycles. The Morgan fingerprint density at radius 3 is 2.53 bits per heavy atom. The molecule has 1 heterocycles. The average molecular weight is 279 g/mol. The lowest BCUT2D eigenvalue weighted by Gasteiger charge is -2.17. The van der Waals surface area contributed by atoms with Crippen molar-refractivity contribution in [1.82, 2.24) is 9.78 Å². The fraction of sp³-hybridized carbons (Fsp3) is 0.308. The summed E-state index contributed by atoms with van der Waals surface area (Å²) in [6.07, 6.45) is 5.01. The van der Waals surface area contributed by atoms with Crippen molar-refractivity contribution in [3.05, 3.63) is 48.3 Å². The highest BCUT2D eigenvalue weighted by Gasteiger charge is 2.17. The number of aromatic nitrogens is 2. The number of rotatable bonds is 5. The van der Waals surface area contributed by atoms with Crippen LogP contribution < -0.4 is 5.73 Å². The maximum Gasteiger partial charge on any atom is 0.147 e. The molecule has 0 aliphatic heterocycles. The third-order valence-corrected chi connectivity index (χ3v) is 3.86. The molecular weight excluding hydrogens is 262 g/mol. The zero-order valence-corrected chi connectivity index (χ0v) is 11.5. The molecule has 0 aliphatic rings. The Hall–Kier alpha value is -1.82. The van der Waals surface area contributed by atoms with Crippen molar-refractivity contribution in [2.45, 2.75) is 12.5 Å². The molecule has 2 rings (SSSR count). The molecule has 19 heavy (non-hydrogen) atoms. The molecule has 0 bridgehead atoms. The van der Waals surface area contributed by atoms with Crippen LogP contribution in [0.25, 0.3) is 0 Å². The number of nitrogen functional groups attached to an aromatic ring is 1. The quantitative estimate of drug-likeness (QED) is 0.899. The summed E-state index contributed by atoms with van der Waals surface area (Å²) in [5.41, 5.74) is 7.27. The third kappa shape index (κ3) is 3.82. The van der Waals surface area contributed by atoms with E-state index in [1.165, 1.54) is 6.26 Å². The summed E-state index contributed by atoms with van der Waals surface area (Å²) in [5.74, 6) is 0.117. The molecule has 0 spiro atoms. The first kappa shape index (κ1) is 13.6. The SMILES string of the molecule is CS(=O)(=O)CCC(c1ccccc1)n1cc(N)cn1. The second-order valence-electron chi connectivity index (χ2n) is 4.60. The molecular formula is C13H17N3O2S. The van der Waals surface area contributed by atoms with Gasteiger partial charge in [-0.3, -0.25) is 4.68 Å². The van der Waals surface area contributed by atoms with Crippen LogP contribution in [0.1, 0.15) is 18.0 Å². The molecule has 0 saturated carbocycles. The topological polar surface area (TPSA) is 78.0 Å². The van der Waals surface area contributed by atoms with Crippen LogP contribution in [0, 0.1) is 0 Å². The molecule has 1 aromatic carbocycles. The van der Waals surface area contributed by atoms with Gasteiger partial charge in [0.1, 0.15) is 9.84 Å². The minimum Gasteiger partial charge on any atom is -0.396 e. The maximum atomic E-state index is 11.3. The monoisotopic (exact) mass is 279 g/mol. The predicted molar refractivity (Wildman–Crippen MR) is 75.5 cm³/mol. The van der Waals surface area contributed by atoms with Crippen molar-refractivity contribution in [2.75, 3.05) is 17.7 Å². The summed E-state index contributed by atoms with van der Waals surface area (Å²) in [6, 6.07) is 9.59. The zero-order chi connectivity index (χ0) is 13.9. The molecule has 0 amide bonds. The van der Waals surface area contributed by atoms with E-state index in [2.05, 4.69) is 5.10 Å². The molecule has 0 radical (unpaired) electrons. The molecule has 0 aliphatic carbocycles. The number of anilines is 1. The summed E-state index contributed by atoms with van der Waals surface area (Å²) >= 11 is 0. The van der Waals surface area contributed by atoms with Crippen molar-refractivity contribution in [3.63, 3.8) is 0 Å². The smallest absolute Gasteiger partial charge is 0.147 e. The van der Waals surface area contributed by atoms with Crippen molar-refractivity contribution in [1.29, 1.82) is 0 Å². The summed E-state index contributed by atoms with van der Waals surface area (Å²) in [7, 11) is -3.00. The fourth-order valence-corrected chi connectivity index (χ4v) is 2.63. The van der Waals surface area contributed by atoms with E-state index < -0.39 is 9.84 Å². The van der Waals surface area contributed by atoms with Gasteiger partial charge in [0.05, 0.1) is 23.7 Å². The van der Waals surface area contributed by atoms with Crippen LogP contribution in [0.2, 0.25) is 0 Å². The van der Waals surface area contributed by atoms with E-state index in [1.807, 2.05) is 30.3 Å². The minimum absolute atomic E-state index is 0.117. The Kier molecular flexibility index (Phi) is 3.90. The molecule has 5 nitrogen and oxygen atoms in total. The lowest BCUT2D eigenvalue weighted by Crippen LogP contribution is -2.16. The van der Waals surface area contributed by atoms with Crippen molar-refractivity contribution >= 4 is 15.5 Å². The molecule has 0 saturated heterocycles. The van der Waals surface area contributed by atoms with Crippen molar-refractivity contribution < 1.29 is 8.42 Å². The Balaban J connectivity index is 2.29. The molecule has 1 unspecified atom stereocenters. The summed E-state index contributed by atoms with van der Waals surface area (Å²) in [6.45, 7) is 0. The normalized spacial score (nSPS) is 13.3. The highest BCUT2D eigenvalue weighted by molar-refractivity contribution is 7.90. The average Bonchev–Trinajstić information content (AvgIpc) is 2.76. The Labute approximate surface area is 113 Å². The first-order chi connectivity index (χ1) is 8.96. The van der Waals surface area contributed by atoms with E-state index in [-0.39, 0.29) is 11.8 Å². The maximum absolute atomic E-state index is 11.3. The van der Waals surface area contributed by atoms with Crippen LogP contribution in [0.15, 0.2) is 42.7 Å². The largest absolute Gasteiger partial charge is 0.396 e. The Morgan fingerprint density at radius 2 is 2.00 bits per heavy atom. The highest BCUT2D eigenvalue weighted by Crippen LogP contribution is 2.22. The first-order valence-electron chi connectivity index (χ1n) is 5.98. The van der Waals surface area contributed by atoms with Gasteiger partial charge >= 0.3 is 0 Å². The molecule has 2 N–H and O–H groups in total. The van der Waals surface area contributed by atoms with Gasteiger partial charge in [0, 0.05) is 12.5 Å². The number of hydrogen-bond acceptors (Lipinski definition) is 4. The van der Waals surface area contributed by atoms with Crippen LogP contribution in [-0.4, -0.2) is 30.2 Å². The van der Waals surface area contributed by atoms with E-state index in [0.29, 0.717) is 12.1 Å². The lowest BCUT2D eigenvalue weighted by atomic mass is 10.1. The second kappa shape index (κ2) is 5.44. The Morgan fingerprint density at radius 1 is 1.32 bits per heavy atom. The predicted octanol–water partition coefficient (Wildman–Crippen LogP) is 1.49. The van der Waals surface area contributed by atoms with E-state index >= 15 is 0 Å². The molecule has 6 heteroatoms. The minimum atomic E-state index is -3.00. The number of hydrogen-bond donors (Lipinski definition) is 1. The van der Waals surface area contributed by atoms with Gasteiger partial charge in [-0.05, 0) is 12.0 Å². The van der Waals surface area contributed by atoms with E-state index in [1.54, 1.807) is 17.1 Å². The van der Waals surface area contributed by atoms with Crippen molar-refractivity contribution in [2.24, 2.45) is 0 Å². The van der Waals surface area contributed by atoms with E-state index in [0.717, 1.165) is 5.56 Å². The lowest BCUT2D eigenvalue weighted by molar-refractivity contribution is 0.505. The van der Waals surface area contributed by atoms with Gasteiger partial charge in [0.25, 0.3) is 0 Å². The number of sulfone groups is 1. The van der Waals surface area contributed by atoms with Gasteiger partial charge in [-0.15, -0.1) is 0 Å². The number of benzene rings is 1. The summed E-state index contributed by atoms with van der Waals surface area (Å²) < 4.78 is 24.4. The summed E-state index contributed by atoms with van der Waals surface area (Å²) in [4.78, 5) is 0. The molecule has 102 valence electrons. The van der Waals surface area contributed by atoms with E-state index in [4.69, 9.17) is 5.73 Å². The van der Waals surface area contributed by atoms with Gasteiger partial charge in [-0.25, -0.2) is 8.42 Å². The summed E-state index contributed by atoms with van der Waals surface area (Å²) in [5, 5.41) is 4.19. The molecule has 2 aromatic rings. The van der Waals surface area contributed by atoms with Crippen LogP contribution in [0.3, 0.4) is 0 Å². The zero-order valence-electron chi connectivity index (χ0n) is 10.7. The van der Waals surface area contributed by atoms with Crippen LogP contribution in [0.5, 0.6) is 0 Å².